The number of rotatable bonds is 6. The van der Waals surface area contributed by atoms with Gasteiger partial charge in [0.05, 0.1) is 12.3 Å². The number of hydrogen-bond donors (Lipinski definition) is 0. The first-order valence-corrected chi connectivity index (χ1v) is 8.19. The van der Waals surface area contributed by atoms with E-state index >= 15 is 0 Å². The molecule has 2 rings (SSSR count). The van der Waals surface area contributed by atoms with Crippen LogP contribution in [0.25, 0.3) is 0 Å². The van der Waals surface area contributed by atoms with Crippen LogP contribution in [-0.4, -0.2) is 17.6 Å². The predicted molar refractivity (Wildman–Crippen MR) is 81.4 cm³/mol. The quantitative estimate of drug-likeness (QED) is 0.735. The summed E-state index contributed by atoms with van der Waals surface area (Å²) in [6.07, 6.45) is 6.40. The monoisotopic (exact) mass is 293 g/mol. The van der Waals surface area contributed by atoms with E-state index in [1.54, 1.807) is 6.92 Å². The van der Waals surface area contributed by atoms with Crippen LogP contribution in [0.5, 0.6) is 0 Å². The van der Waals surface area contributed by atoms with Crippen molar-refractivity contribution in [2.45, 2.75) is 71.6 Å². The average molecular weight is 293 g/mol. The number of aryl methyl sites for hydroxylation is 1. The fraction of sp³-hybridized carbons (Fsp3) is 0.765. The van der Waals surface area contributed by atoms with Crippen molar-refractivity contribution >= 4 is 5.97 Å². The normalized spacial score (nSPS) is 17.4. The smallest absolute Gasteiger partial charge is 0.376 e. The molecule has 1 aliphatic carbocycles. The van der Waals surface area contributed by atoms with Crippen LogP contribution in [0.3, 0.4) is 0 Å². The molecule has 0 aromatic carbocycles. The third kappa shape index (κ3) is 3.30. The van der Waals surface area contributed by atoms with Crippen LogP contribution >= 0.6 is 0 Å². The lowest BCUT2D eigenvalue weighted by Gasteiger charge is -2.27. The molecular formula is C17H27NO3. The molecule has 1 aliphatic rings. The fourth-order valence-corrected chi connectivity index (χ4v) is 3.51. The summed E-state index contributed by atoms with van der Waals surface area (Å²) in [6, 6.07) is 0. The number of hydrogen-bond acceptors (Lipinski definition) is 4. The molecular weight excluding hydrogens is 266 g/mol. The summed E-state index contributed by atoms with van der Waals surface area (Å²) in [5, 5.41) is 0. The number of oxazole rings is 1. The van der Waals surface area contributed by atoms with E-state index in [1.165, 1.54) is 12.8 Å². The maximum atomic E-state index is 12.0. The van der Waals surface area contributed by atoms with Gasteiger partial charge >= 0.3 is 5.97 Å². The highest BCUT2D eigenvalue weighted by Crippen LogP contribution is 2.45. The van der Waals surface area contributed by atoms with E-state index in [0.29, 0.717) is 24.7 Å². The molecule has 1 fully saturated rings. The van der Waals surface area contributed by atoms with Gasteiger partial charge in [-0.25, -0.2) is 9.78 Å². The van der Waals surface area contributed by atoms with Crippen LogP contribution < -0.4 is 0 Å². The third-order valence-corrected chi connectivity index (χ3v) is 4.31. The van der Waals surface area contributed by atoms with Gasteiger partial charge in [0, 0.05) is 5.41 Å². The van der Waals surface area contributed by atoms with E-state index in [4.69, 9.17) is 9.15 Å². The molecule has 1 aromatic heterocycles. The molecule has 1 saturated carbocycles. The van der Waals surface area contributed by atoms with Gasteiger partial charge in [0.1, 0.15) is 0 Å². The molecule has 0 spiro atoms. The lowest BCUT2D eigenvalue weighted by Crippen LogP contribution is -2.24. The molecule has 1 heterocycles. The van der Waals surface area contributed by atoms with E-state index in [2.05, 4.69) is 18.8 Å². The minimum atomic E-state index is -0.384. The standard InChI is InChI=1S/C17H27NO3/c1-5-13-14(15(19)20-6-2)21-16(18-13)17(11-12(3)4)9-7-8-10-17/h12H,5-11H2,1-4H3. The summed E-state index contributed by atoms with van der Waals surface area (Å²) in [4.78, 5) is 16.7. The summed E-state index contributed by atoms with van der Waals surface area (Å²) < 4.78 is 11.0. The summed E-state index contributed by atoms with van der Waals surface area (Å²) >= 11 is 0. The molecule has 4 heteroatoms. The molecule has 21 heavy (non-hydrogen) atoms. The van der Waals surface area contributed by atoms with Gasteiger partial charge in [-0.1, -0.05) is 33.6 Å². The maximum Gasteiger partial charge on any atom is 0.376 e. The number of carbonyl (C=O) groups is 1. The van der Waals surface area contributed by atoms with E-state index in [0.717, 1.165) is 30.8 Å². The van der Waals surface area contributed by atoms with Crippen LogP contribution in [0.2, 0.25) is 0 Å². The molecule has 1 aromatic rings. The molecule has 4 nitrogen and oxygen atoms in total. The molecule has 0 aliphatic heterocycles. The highest BCUT2D eigenvalue weighted by atomic mass is 16.5. The molecule has 0 unspecified atom stereocenters. The second kappa shape index (κ2) is 6.63. The Morgan fingerprint density at radius 1 is 1.33 bits per heavy atom. The van der Waals surface area contributed by atoms with Crippen LogP contribution in [-0.2, 0) is 16.6 Å². The Bertz CT molecular complexity index is 484. The molecule has 0 amide bonds. The first-order valence-electron chi connectivity index (χ1n) is 8.19. The topological polar surface area (TPSA) is 52.3 Å². The average Bonchev–Trinajstić information content (AvgIpc) is 3.05. The molecule has 0 atom stereocenters. The number of aromatic nitrogens is 1. The zero-order chi connectivity index (χ0) is 15.5. The van der Waals surface area contributed by atoms with Gasteiger partial charge in [0.25, 0.3) is 0 Å². The molecule has 0 saturated heterocycles. The summed E-state index contributed by atoms with van der Waals surface area (Å²) in [7, 11) is 0. The molecule has 0 bridgehead atoms. The summed E-state index contributed by atoms with van der Waals surface area (Å²) in [6.45, 7) is 8.62. The van der Waals surface area contributed by atoms with Crippen LogP contribution in [0, 0.1) is 5.92 Å². The van der Waals surface area contributed by atoms with Crippen molar-refractivity contribution in [1.29, 1.82) is 0 Å². The van der Waals surface area contributed by atoms with E-state index in [9.17, 15) is 4.79 Å². The Labute approximate surface area is 127 Å². The Morgan fingerprint density at radius 3 is 2.52 bits per heavy atom. The van der Waals surface area contributed by atoms with Gasteiger partial charge in [-0.2, -0.15) is 0 Å². The van der Waals surface area contributed by atoms with E-state index in [-0.39, 0.29) is 11.4 Å². The second-order valence-corrected chi connectivity index (χ2v) is 6.45. The maximum absolute atomic E-state index is 12.0. The Kier molecular flexibility index (Phi) is 5.07. The number of carbonyl (C=O) groups excluding carboxylic acids is 1. The lowest BCUT2D eigenvalue weighted by molar-refractivity contribution is 0.0483. The van der Waals surface area contributed by atoms with Crippen molar-refractivity contribution in [1.82, 2.24) is 4.98 Å². The molecule has 0 radical (unpaired) electrons. The first-order chi connectivity index (χ1) is 10.0. The van der Waals surface area contributed by atoms with Crippen molar-refractivity contribution < 1.29 is 13.9 Å². The van der Waals surface area contributed by atoms with Gasteiger partial charge in [0.2, 0.25) is 11.7 Å². The number of nitrogens with zero attached hydrogens (tertiary/aromatic N) is 1. The van der Waals surface area contributed by atoms with Crippen LogP contribution in [0.4, 0.5) is 0 Å². The molecule has 118 valence electrons. The van der Waals surface area contributed by atoms with Crippen molar-refractivity contribution in [2.24, 2.45) is 5.92 Å². The Morgan fingerprint density at radius 2 is 2.00 bits per heavy atom. The van der Waals surface area contributed by atoms with Gasteiger partial charge < -0.3 is 9.15 Å². The van der Waals surface area contributed by atoms with Crippen molar-refractivity contribution in [3.8, 4) is 0 Å². The van der Waals surface area contributed by atoms with Gasteiger partial charge in [0.15, 0.2) is 0 Å². The van der Waals surface area contributed by atoms with Crippen molar-refractivity contribution in [3.05, 3.63) is 17.3 Å². The highest BCUT2D eigenvalue weighted by Gasteiger charge is 2.41. The molecule has 0 N–H and O–H groups in total. The minimum absolute atomic E-state index is 0.0167. The van der Waals surface area contributed by atoms with Gasteiger partial charge in [-0.05, 0) is 38.5 Å². The zero-order valence-corrected chi connectivity index (χ0v) is 13.7. The Hall–Kier alpha value is -1.32. The minimum Gasteiger partial charge on any atom is -0.460 e. The third-order valence-electron chi connectivity index (χ3n) is 4.31. The van der Waals surface area contributed by atoms with Crippen LogP contribution in [0.1, 0.15) is 81.9 Å². The first kappa shape index (κ1) is 16.1. The lowest BCUT2D eigenvalue weighted by atomic mass is 9.78. The fourth-order valence-electron chi connectivity index (χ4n) is 3.51. The van der Waals surface area contributed by atoms with Gasteiger partial charge in [-0.15, -0.1) is 0 Å². The largest absolute Gasteiger partial charge is 0.460 e. The number of ether oxygens (including phenoxy) is 1. The summed E-state index contributed by atoms with van der Waals surface area (Å²) in [5.74, 6) is 1.27. The SMILES string of the molecule is CCOC(=O)c1oc(C2(CC(C)C)CCCC2)nc1CC. The van der Waals surface area contributed by atoms with Crippen LogP contribution in [0.15, 0.2) is 4.42 Å². The summed E-state index contributed by atoms with van der Waals surface area (Å²) in [5.41, 5.74) is 0.751. The van der Waals surface area contributed by atoms with Gasteiger partial charge in [-0.3, -0.25) is 0 Å². The second-order valence-electron chi connectivity index (χ2n) is 6.45. The number of esters is 1. The Balaban J connectivity index is 2.36. The van der Waals surface area contributed by atoms with E-state index < -0.39 is 0 Å². The van der Waals surface area contributed by atoms with E-state index in [1.807, 2.05) is 6.92 Å². The predicted octanol–water partition coefficient (Wildman–Crippen LogP) is 4.27. The zero-order valence-electron chi connectivity index (χ0n) is 13.7. The van der Waals surface area contributed by atoms with Crippen molar-refractivity contribution in [2.75, 3.05) is 6.61 Å². The highest BCUT2D eigenvalue weighted by molar-refractivity contribution is 5.87. The van der Waals surface area contributed by atoms with Crippen molar-refractivity contribution in [3.63, 3.8) is 0 Å².